The average molecular weight is 649 g/mol. The number of nitrogens with two attached hydrogens (primary N) is 1. The molecule has 0 aliphatic carbocycles. The Kier molecular flexibility index (Phi) is 9.82. The molecule has 0 bridgehead atoms. The smallest absolute Gasteiger partial charge is 0.327 e. The summed E-state index contributed by atoms with van der Waals surface area (Å²) in [5, 5.41) is 17.9. The van der Waals surface area contributed by atoms with Crippen molar-refractivity contribution in [3.8, 4) is 5.88 Å². The highest BCUT2D eigenvalue weighted by Crippen LogP contribution is 2.57. The van der Waals surface area contributed by atoms with Crippen LogP contribution in [-0.4, -0.2) is 97.6 Å². The van der Waals surface area contributed by atoms with Gasteiger partial charge in [0.2, 0.25) is 11.8 Å². The highest BCUT2D eigenvalue weighted by atomic mass is 32.7. The van der Waals surface area contributed by atoms with Gasteiger partial charge in [0.1, 0.15) is 24.3 Å². The number of anilines is 1. The lowest BCUT2D eigenvalue weighted by molar-refractivity contribution is -0.149. The lowest BCUT2D eigenvalue weighted by Gasteiger charge is -2.25. The summed E-state index contributed by atoms with van der Waals surface area (Å²) in [4.78, 5) is 48.2. The first-order valence-electron chi connectivity index (χ1n) is 13.3. The van der Waals surface area contributed by atoms with E-state index in [1.807, 2.05) is 0 Å². The van der Waals surface area contributed by atoms with Gasteiger partial charge < -0.3 is 34.9 Å². The lowest BCUT2D eigenvalue weighted by Crippen LogP contribution is -2.41. The van der Waals surface area contributed by atoms with Crippen molar-refractivity contribution in [2.45, 2.75) is 76.9 Å². The number of nitrogen functional groups attached to an aromatic ring is 1. The monoisotopic (exact) mass is 648 g/mol. The number of amides is 3. The Hall–Kier alpha value is -3.09. The molecule has 2 aliphatic rings. The molecule has 1 unspecified atom stereocenters. The third-order valence-corrected chi connectivity index (χ3v) is 10.5. The molecule has 0 spiro atoms. The van der Waals surface area contributed by atoms with Crippen LogP contribution in [0.1, 0.15) is 40.8 Å². The second-order valence-corrected chi connectivity index (χ2v) is 14.5. The van der Waals surface area contributed by atoms with Gasteiger partial charge >= 0.3 is 18.7 Å². The number of imidazole rings is 1. The molecule has 0 saturated carbocycles. The van der Waals surface area contributed by atoms with Crippen molar-refractivity contribution >= 4 is 53.1 Å². The van der Waals surface area contributed by atoms with Gasteiger partial charge in [0.05, 0.1) is 25.6 Å². The maximum Gasteiger partial charge on any atom is 0.327 e. The number of urea groups is 1. The molecule has 3 amide bonds. The van der Waals surface area contributed by atoms with Crippen molar-refractivity contribution in [3.63, 3.8) is 0 Å². The highest BCUT2D eigenvalue weighted by Gasteiger charge is 2.56. The molecule has 0 aromatic carbocycles. The van der Waals surface area contributed by atoms with Crippen molar-refractivity contribution in [2.75, 3.05) is 24.7 Å². The highest BCUT2D eigenvalue weighted by molar-refractivity contribution is 8.56. The van der Waals surface area contributed by atoms with E-state index >= 15 is 4.39 Å². The second-order valence-electron chi connectivity index (χ2n) is 10.2. The van der Waals surface area contributed by atoms with Crippen LogP contribution in [0.25, 0.3) is 11.2 Å². The third-order valence-electron chi connectivity index (χ3n) is 6.39. The quantitative estimate of drug-likeness (QED) is 0.115. The summed E-state index contributed by atoms with van der Waals surface area (Å²) in [7, 11) is 0. The van der Waals surface area contributed by atoms with Gasteiger partial charge in [-0.15, -0.1) is 0 Å². The van der Waals surface area contributed by atoms with Crippen LogP contribution in [0.5, 0.6) is 5.88 Å². The zero-order valence-corrected chi connectivity index (χ0v) is 25.7. The van der Waals surface area contributed by atoms with E-state index in [0.717, 1.165) is 6.92 Å². The molecule has 238 valence electrons. The zero-order chi connectivity index (χ0) is 31.7. The number of alkyl halides is 1. The van der Waals surface area contributed by atoms with E-state index in [1.54, 1.807) is 20.8 Å². The van der Waals surface area contributed by atoms with E-state index in [1.165, 1.54) is 17.8 Å². The summed E-state index contributed by atoms with van der Waals surface area (Å²) >= 11 is 0.632. The molecule has 2 fully saturated rings. The molecule has 7 atom stereocenters. The largest absolute Gasteiger partial charge is 0.476 e. The van der Waals surface area contributed by atoms with Gasteiger partial charge in [0.15, 0.2) is 23.1 Å². The Labute approximate surface area is 249 Å². The predicted octanol–water partition coefficient (Wildman–Crippen LogP) is 0.789. The van der Waals surface area contributed by atoms with Crippen LogP contribution in [0.15, 0.2) is 6.33 Å². The fourth-order valence-electron chi connectivity index (χ4n) is 4.32. The van der Waals surface area contributed by atoms with E-state index in [4.69, 9.17) is 24.5 Å². The normalized spacial score (nSPS) is 27.6. The Morgan fingerprint density at radius 3 is 2.72 bits per heavy atom. The van der Waals surface area contributed by atoms with Crippen molar-refractivity contribution in [3.05, 3.63) is 6.33 Å². The molecule has 2 saturated heterocycles. The fraction of sp³-hybridized carbons (Fsp3) is 0.652. The summed E-state index contributed by atoms with van der Waals surface area (Å²) in [6.45, 7) is 3.10. The number of nitrogens with zero attached hydrogens (tertiary/aromatic N) is 4. The molecule has 2 aliphatic heterocycles. The SMILES string of the molecule is CCOc1nc(N)nc2c1ncn2[C@@H]1O[C@H](CO[P@@](=O)(N[C@@H](C)C(=O)OC(C)C)SCC2NC(=O)NC2=O)[C@@H](O)[C@@]1(C)F. The van der Waals surface area contributed by atoms with Crippen molar-refractivity contribution in [2.24, 2.45) is 0 Å². The summed E-state index contributed by atoms with van der Waals surface area (Å²) in [5.74, 6) is -1.62. The Bertz CT molecular complexity index is 1430. The van der Waals surface area contributed by atoms with E-state index in [0.29, 0.717) is 11.4 Å². The van der Waals surface area contributed by atoms with Gasteiger partial charge in [-0.05, 0) is 34.6 Å². The number of aromatic nitrogens is 4. The van der Waals surface area contributed by atoms with Gasteiger partial charge in [0, 0.05) is 5.75 Å². The molecule has 2 aromatic heterocycles. The van der Waals surface area contributed by atoms with Crippen LogP contribution in [-0.2, 0) is 28.2 Å². The molecule has 43 heavy (non-hydrogen) atoms. The molecule has 4 heterocycles. The first-order valence-corrected chi connectivity index (χ1v) is 16.5. The number of carbonyl (C=O) groups is 3. The summed E-state index contributed by atoms with van der Waals surface area (Å²) in [5.41, 5.74) is 3.68. The van der Waals surface area contributed by atoms with Gasteiger partial charge in [-0.25, -0.2) is 19.3 Å². The Balaban J connectivity index is 1.53. The van der Waals surface area contributed by atoms with Gasteiger partial charge in [-0.1, -0.05) is 11.4 Å². The standard InChI is InChI=1S/C23H34FN8O9PS/c1-6-38-18-14-16(28-21(25)30-18)32(9-26-14)20-23(5,24)15(33)13(41-20)7-39-42(37,31-11(4)19(35)40-10(2)3)43-8-12-17(34)29-22(36)27-12/h9-13,15,20,33H,6-8H2,1-5H3,(H,31,37)(H2,25,28,30)(H2,27,29,34,36)/t11-,12?,13+,15+,20+,23+,42-/m0/s1. The van der Waals surface area contributed by atoms with Crippen LogP contribution in [0.4, 0.5) is 15.1 Å². The minimum absolute atomic E-state index is 0.0871. The van der Waals surface area contributed by atoms with E-state index in [2.05, 4.69) is 30.7 Å². The van der Waals surface area contributed by atoms with Crippen molar-refractivity contribution < 1.29 is 47.2 Å². The van der Waals surface area contributed by atoms with Crippen LogP contribution in [0.3, 0.4) is 0 Å². The maximum absolute atomic E-state index is 16.0. The first kappa shape index (κ1) is 32.8. The summed E-state index contributed by atoms with van der Waals surface area (Å²) in [6.07, 6.45) is -3.81. The molecular weight excluding hydrogens is 614 g/mol. The maximum atomic E-state index is 16.0. The number of carbonyl (C=O) groups excluding carboxylic acids is 3. The molecular formula is C23H34FN8O9PS. The Morgan fingerprint density at radius 2 is 2.09 bits per heavy atom. The summed E-state index contributed by atoms with van der Waals surface area (Å²) < 4.78 is 53.3. The number of hydrogen-bond donors (Lipinski definition) is 5. The number of halogens is 1. The molecule has 0 radical (unpaired) electrons. The van der Waals surface area contributed by atoms with Gasteiger partial charge in [0.25, 0.3) is 5.91 Å². The number of fused-ring (bicyclic) bond motifs is 1. The number of imide groups is 1. The summed E-state index contributed by atoms with van der Waals surface area (Å²) in [6, 6.07) is -2.86. The van der Waals surface area contributed by atoms with Gasteiger partial charge in [-0.2, -0.15) is 9.97 Å². The second kappa shape index (κ2) is 12.9. The first-order chi connectivity index (χ1) is 20.1. The van der Waals surface area contributed by atoms with Crippen LogP contribution in [0, 0.1) is 0 Å². The number of ether oxygens (including phenoxy) is 3. The number of nitrogens with one attached hydrogen (secondary N) is 3. The van der Waals surface area contributed by atoms with Crippen LogP contribution >= 0.6 is 18.1 Å². The van der Waals surface area contributed by atoms with E-state index < -0.39 is 73.5 Å². The minimum atomic E-state index is -4.08. The Morgan fingerprint density at radius 1 is 1.37 bits per heavy atom. The average Bonchev–Trinajstić information content (AvgIpc) is 3.54. The number of aliphatic hydroxyl groups excluding tert-OH is 1. The van der Waals surface area contributed by atoms with Gasteiger partial charge in [-0.3, -0.25) is 24.0 Å². The zero-order valence-electron chi connectivity index (χ0n) is 24.0. The molecule has 2 aromatic rings. The number of aliphatic hydroxyl groups is 1. The molecule has 4 rings (SSSR count). The molecule has 6 N–H and O–H groups in total. The fourth-order valence-corrected chi connectivity index (χ4v) is 8.19. The molecule has 20 heteroatoms. The van der Waals surface area contributed by atoms with Crippen molar-refractivity contribution in [1.29, 1.82) is 0 Å². The molecule has 17 nitrogen and oxygen atoms in total. The van der Waals surface area contributed by atoms with Crippen LogP contribution < -0.4 is 26.2 Å². The predicted molar refractivity (Wildman–Crippen MR) is 151 cm³/mol. The number of rotatable bonds is 13. The van der Waals surface area contributed by atoms with Crippen molar-refractivity contribution in [1.82, 2.24) is 35.2 Å². The third kappa shape index (κ3) is 7.18. The number of hydrogen-bond acceptors (Lipinski definition) is 14. The minimum Gasteiger partial charge on any atom is -0.476 e. The lowest BCUT2D eigenvalue weighted by atomic mass is 9.98. The number of esters is 1. The topological polar surface area (TPSA) is 231 Å². The van der Waals surface area contributed by atoms with E-state index in [9.17, 15) is 24.1 Å². The van der Waals surface area contributed by atoms with E-state index in [-0.39, 0.29) is 35.4 Å². The van der Waals surface area contributed by atoms with Crippen LogP contribution in [0.2, 0.25) is 0 Å².